The highest BCUT2D eigenvalue weighted by Crippen LogP contribution is 2.74. The average Bonchev–Trinajstić information content (AvgIpc) is 3.15. The molecule has 7 aromatic carbocycles. The van der Waals surface area contributed by atoms with Gasteiger partial charge in [-0.15, -0.1) is 0 Å². The zero-order valence-electron chi connectivity index (χ0n) is 26.4. The largest absolute Gasteiger partial charge is 0.307 e. The molecule has 0 amide bonds. The standard InChI is InChI=1S/C43H34O3S2/c1-33-27-29-40(30-28-33)48(44,45)46-47(38-23-13-5-14-24-38,39-25-15-6-16-26-39)43-41(35-19-9-3-10-20-35)31-37(34-17-7-2-8-18-34)32-42(43)36-21-11-4-12-22-36/h2-32H,1H3. The van der Waals surface area contributed by atoms with Gasteiger partial charge in [0, 0.05) is 14.7 Å². The predicted molar refractivity (Wildman–Crippen MR) is 197 cm³/mol. The Hall–Kier alpha value is -5.20. The summed E-state index contributed by atoms with van der Waals surface area (Å²) in [6.45, 7) is 1.94. The third-order valence-electron chi connectivity index (χ3n) is 8.30. The number of hydrogen-bond acceptors (Lipinski definition) is 3. The van der Waals surface area contributed by atoms with Gasteiger partial charge in [0.05, 0.1) is 4.90 Å². The lowest BCUT2D eigenvalue weighted by Gasteiger charge is -2.42. The maximum absolute atomic E-state index is 14.7. The van der Waals surface area contributed by atoms with E-state index in [4.69, 9.17) is 3.63 Å². The Bertz CT molecular complexity index is 2140. The number of hydrogen-bond donors (Lipinski definition) is 0. The first-order valence-corrected chi connectivity index (χ1v) is 18.7. The van der Waals surface area contributed by atoms with E-state index >= 15 is 0 Å². The molecule has 0 radical (unpaired) electrons. The van der Waals surface area contributed by atoms with Crippen LogP contribution < -0.4 is 0 Å². The van der Waals surface area contributed by atoms with Gasteiger partial charge in [-0.3, -0.25) is 0 Å². The maximum Gasteiger partial charge on any atom is 0.307 e. The zero-order valence-corrected chi connectivity index (χ0v) is 28.1. The number of aryl methyl sites for hydroxylation is 1. The van der Waals surface area contributed by atoms with Gasteiger partial charge in [0.1, 0.15) is 0 Å². The molecule has 0 heterocycles. The summed E-state index contributed by atoms with van der Waals surface area (Å²) in [6, 6.07) is 61.5. The highest BCUT2D eigenvalue weighted by molar-refractivity contribution is 8.33. The number of rotatable bonds is 9. The third kappa shape index (κ3) is 6.12. The van der Waals surface area contributed by atoms with Crippen LogP contribution in [-0.4, -0.2) is 8.42 Å². The highest BCUT2D eigenvalue weighted by Gasteiger charge is 2.42. The van der Waals surface area contributed by atoms with Crippen molar-refractivity contribution in [3.63, 3.8) is 0 Å². The SMILES string of the molecule is Cc1ccc(S(=O)(=O)OS(c2ccccc2)(c2ccccc2)c2c(-c3ccccc3)cc(-c3ccccc3)cc2-c2ccccc2)cc1. The maximum atomic E-state index is 14.7. The van der Waals surface area contributed by atoms with Crippen LogP contribution in [-0.2, 0) is 13.7 Å². The molecule has 0 saturated heterocycles. The first-order valence-electron chi connectivity index (χ1n) is 15.8. The van der Waals surface area contributed by atoms with Crippen LogP contribution in [0.4, 0.5) is 0 Å². The van der Waals surface area contributed by atoms with E-state index in [1.165, 1.54) is 0 Å². The van der Waals surface area contributed by atoms with E-state index in [2.05, 4.69) is 48.5 Å². The summed E-state index contributed by atoms with van der Waals surface area (Å²) >= 11 is 0. The molecular formula is C43H34O3S2. The van der Waals surface area contributed by atoms with Crippen molar-refractivity contribution in [1.82, 2.24) is 0 Å². The molecule has 7 rings (SSSR count). The van der Waals surface area contributed by atoms with Crippen LogP contribution >= 0.6 is 10.3 Å². The molecule has 0 fully saturated rings. The van der Waals surface area contributed by atoms with Gasteiger partial charge in [0.15, 0.2) is 0 Å². The van der Waals surface area contributed by atoms with Crippen LogP contribution in [0.5, 0.6) is 0 Å². The monoisotopic (exact) mass is 662 g/mol. The van der Waals surface area contributed by atoms with Crippen molar-refractivity contribution in [1.29, 1.82) is 0 Å². The van der Waals surface area contributed by atoms with Crippen molar-refractivity contribution in [2.24, 2.45) is 0 Å². The van der Waals surface area contributed by atoms with E-state index in [-0.39, 0.29) is 4.90 Å². The normalized spacial score (nSPS) is 12.0. The molecule has 0 saturated carbocycles. The van der Waals surface area contributed by atoms with Crippen LogP contribution in [0.15, 0.2) is 208 Å². The molecule has 5 heteroatoms. The lowest BCUT2D eigenvalue weighted by molar-refractivity contribution is 0.508. The van der Waals surface area contributed by atoms with Crippen LogP contribution in [0.25, 0.3) is 33.4 Å². The van der Waals surface area contributed by atoms with Crippen molar-refractivity contribution in [3.05, 3.63) is 194 Å². The molecule has 0 bridgehead atoms. The topological polar surface area (TPSA) is 43.4 Å². The van der Waals surface area contributed by atoms with Crippen molar-refractivity contribution < 1.29 is 12.0 Å². The minimum absolute atomic E-state index is 0.111. The molecule has 0 spiro atoms. The Labute approximate surface area is 284 Å². The molecular weight excluding hydrogens is 629 g/mol. The second-order valence-electron chi connectivity index (χ2n) is 11.5. The second-order valence-corrected chi connectivity index (χ2v) is 15.9. The van der Waals surface area contributed by atoms with Crippen molar-refractivity contribution in [2.45, 2.75) is 26.5 Å². The molecule has 0 aliphatic carbocycles. The fourth-order valence-corrected chi connectivity index (χ4v) is 11.5. The Morgan fingerprint density at radius 1 is 0.396 bits per heavy atom. The van der Waals surface area contributed by atoms with Gasteiger partial charge in [0.25, 0.3) is 0 Å². The molecule has 7 aromatic rings. The summed E-state index contributed by atoms with van der Waals surface area (Å²) in [5, 5.41) is 0. The van der Waals surface area contributed by atoms with E-state index in [0.717, 1.165) is 53.6 Å². The Morgan fingerprint density at radius 2 is 0.771 bits per heavy atom. The van der Waals surface area contributed by atoms with Crippen LogP contribution in [0.3, 0.4) is 0 Å². The van der Waals surface area contributed by atoms with Gasteiger partial charge in [-0.25, -0.2) is 3.63 Å². The smallest absolute Gasteiger partial charge is 0.203 e. The van der Waals surface area contributed by atoms with Gasteiger partial charge in [-0.05, 0) is 99.1 Å². The van der Waals surface area contributed by atoms with Gasteiger partial charge in [0.2, 0.25) is 0 Å². The quantitative estimate of drug-likeness (QED) is 0.154. The molecule has 236 valence electrons. The zero-order chi connectivity index (χ0) is 33.0. The first-order chi connectivity index (χ1) is 23.5. The van der Waals surface area contributed by atoms with Gasteiger partial charge in [-0.1, -0.05) is 145 Å². The van der Waals surface area contributed by atoms with E-state index < -0.39 is 20.4 Å². The van der Waals surface area contributed by atoms with Gasteiger partial charge >= 0.3 is 10.1 Å². The molecule has 0 N–H and O–H groups in total. The predicted octanol–water partition coefficient (Wildman–Crippen LogP) is 11.6. The van der Waals surface area contributed by atoms with Crippen LogP contribution in [0.2, 0.25) is 0 Å². The first kappa shape index (κ1) is 31.4. The molecule has 0 aliphatic rings. The minimum atomic E-state index is -4.30. The molecule has 0 atom stereocenters. The summed E-state index contributed by atoms with van der Waals surface area (Å²) < 4.78 is 36.3. The summed E-state index contributed by atoms with van der Waals surface area (Å²) in [6.07, 6.45) is 0. The van der Waals surface area contributed by atoms with Crippen LogP contribution in [0.1, 0.15) is 5.56 Å². The summed E-state index contributed by atoms with van der Waals surface area (Å²) in [5.74, 6) is 0. The van der Waals surface area contributed by atoms with E-state index in [0.29, 0.717) is 0 Å². The third-order valence-corrected chi connectivity index (χ3v) is 13.6. The molecule has 0 aliphatic heterocycles. The fourth-order valence-electron chi connectivity index (χ4n) is 5.99. The van der Waals surface area contributed by atoms with Crippen molar-refractivity contribution in [2.75, 3.05) is 0 Å². The lowest BCUT2D eigenvalue weighted by Crippen LogP contribution is -2.16. The van der Waals surface area contributed by atoms with E-state index in [1.54, 1.807) is 24.3 Å². The molecule has 0 unspecified atom stereocenters. The Balaban J connectivity index is 1.67. The Kier molecular flexibility index (Phi) is 8.83. The van der Waals surface area contributed by atoms with Crippen LogP contribution in [0, 0.1) is 6.92 Å². The summed E-state index contributed by atoms with van der Waals surface area (Å²) in [7, 11) is -7.30. The average molecular weight is 663 g/mol. The van der Waals surface area contributed by atoms with E-state index in [9.17, 15) is 8.42 Å². The van der Waals surface area contributed by atoms with Gasteiger partial charge < -0.3 is 0 Å². The minimum Gasteiger partial charge on any atom is -0.203 e. The fraction of sp³-hybridized carbons (Fsp3) is 0.0233. The molecule has 0 aromatic heterocycles. The van der Waals surface area contributed by atoms with Crippen molar-refractivity contribution >= 4 is 20.4 Å². The molecule has 3 nitrogen and oxygen atoms in total. The number of benzene rings is 7. The van der Waals surface area contributed by atoms with Crippen molar-refractivity contribution in [3.8, 4) is 33.4 Å². The van der Waals surface area contributed by atoms with Gasteiger partial charge in [-0.2, -0.15) is 8.42 Å². The van der Waals surface area contributed by atoms with E-state index in [1.807, 2.05) is 122 Å². The second kappa shape index (κ2) is 13.5. The molecule has 48 heavy (non-hydrogen) atoms. The Morgan fingerprint density at radius 3 is 1.19 bits per heavy atom. The summed E-state index contributed by atoms with van der Waals surface area (Å²) in [4.78, 5) is 2.47. The highest BCUT2D eigenvalue weighted by atomic mass is 32.3. The lowest BCUT2D eigenvalue weighted by atomic mass is 9.93. The summed E-state index contributed by atoms with van der Waals surface area (Å²) in [5.41, 5.74) is 6.77.